The van der Waals surface area contributed by atoms with E-state index in [0.29, 0.717) is 6.10 Å². The highest BCUT2D eigenvalue weighted by Gasteiger charge is 2.22. The van der Waals surface area contributed by atoms with Gasteiger partial charge in [0, 0.05) is 13.6 Å². The molecule has 1 fully saturated rings. The zero-order chi connectivity index (χ0) is 10.6. The molecule has 1 amide bonds. The number of nitrogens with one attached hydrogen (secondary N) is 2. The van der Waals surface area contributed by atoms with Crippen LogP contribution < -0.4 is 10.6 Å². The zero-order valence-electron chi connectivity index (χ0n) is 9.17. The molecule has 3 unspecified atom stereocenters. The Hall–Kier alpha value is -0.610. The second-order valence-corrected chi connectivity index (χ2v) is 3.89. The van der Waals surface area contributed by atoms with E-state index in [1.54, 1.807) is 7.05 Å². The molecule has 1 rings (SSSR count). The van der Waals surface area contributed by atoms with Crippen molar-refractivity contribution in [1.82, 2.24) is 10.6 Å². The Bertz CT molecular complexity index is 197. The number of rotatable bonds is 4. The van der Waals surface area contributed by atoms with E-state index in [4.69, 9.17) is 4.74 Å². The maximum Gasteiger partial charge on any atom is 0.236 e. The topological polar surface area (TPSA) is 50.4 Å². The maximum atomic E-state index is 11.2. The van der Waals surface area contributed by atoms with Gasteiger partial charge in [0.15, 0.2) is 0 Å². The molecule has 0 spiro atoms. The van der Waals surface area contributed by atoms with Crippen LogP contribution in [0, 0.1) is 0 Å². The van der Waals surface area contributed by atoms with E-state index in [9.17, 15) is 4.79 Å². The molecule has 0 aromatic rings. The van der Waals surface area contributed by atoms with Crippen molar-refractivity contribution in [2.45, 2.75) is 44.9 Å². The number of hydrogen-bond donors (Lipinski definition) is 2. The average molecular weight is 200 g/mol. The summed E-state index contributed by atoms with van der Waals surface area (Å²) in [6.07, 6.45) is 2.87. The Morgan fingerprint density at radius 1 is 1.57 bits per heavy atom. The van der Waals surface area contributed by atoms with Gasteiger partial charge in [0.1, 0.15) is 0 Å². The number of carbonyl (C=O) groups is 1. The molecule has 1 saturated heterocycles. The van der Waals surface area contributed by atoms with Crippen LogP contribution in [0.25, 0.3) is 0 Å². The van der Waals surface area contributed by atoms with Crippen molar-refractivity contribution in [3.63, 3.8) is 0 Å². The summed E-state index contributed by atoms with van der Waals surface area (Å²) in [6, 6.07) is -0.139. The molecular weight excluding hydrogens is 180 g/mol. The third kappa shape index (κ3) is 3.27. The smallest absolute Gasteiger partial charge is 0.236 e. The highest BCUT2D eigenvalue weighted by Crippen LogP contribution is 2.18. The first-order valence-electron chi connectivity index (χ1n) is 5.24. The third-order valence-corrected chi connectivity index (χ3v) is 2.61. The molecule has 0 bridgehead atoms. The van der Waals surface area contributed by atoms with Gasteiger partial charge >= 0.3 is 0 Å². The fourth-order valence-electron chi connectivity index (χ4n) is 1.65. The number of amides is 1. The quantitative estimate of drug-likeness (QED) is 0.685. The molecule has 4 heteroatoms. The van der Waals surface area contributed by atoms with Crippen LogP contribution in [-0.4, -0.2) is 37.7 Å². The Balaban J connectivity index is 2.17. The molecule has 0 saturated carbocycles. The summed E-state index contributed by atoms with van der Waals surface area (Å²) in [7, 11) is 1.65. The first-order chi connectivity index (χ1) is 6.63. The van der Waals surface area contributed by atoms with Crippen LogP contribution in [0.2, 0.25) is 0 Å². The van der Waals surface area contributed by atoms with E-state index in [2.05, 4.69) is 17.6 Å². The van der Waals surface area contributed by atoms with Crippen molar-refractivity contribution in [3.05, 3.63) is 0 Å². The highest BCUT2D eigenvalue weighted by molar-refractivity contribution is 5.80. The van der Waals surface area contributed by atoms with Crippen LogP contribution in [0.1, 0.15) is 26.7 Å². The minimum atomic E-state index is -0.139. The van der Waals surface area contributed by atoms with E-state index in [1.807, 2.05) is 6.92 Å². The number of hydrogen-bond acceptors (Lipinski definition) is 3. The van der Waals surface area contributed by atoms with Gasteiger partial charge in [-0.2, -0.15) is 0 Å². The summed E-state index contributed by atoms with van der Waals surface area (Å²) in [6.45, 7) is 4.71. The van der Waals surface area contributed by atoms with Crippen molar-refractivity contribution in [3.8, 4) is 0 Å². The molecule has 3 atom stereocenters. The fourth-order valence-corrected chi connectivity index (χ4v) is 1.65. The summed E-state index contributed by atoms with van der Waals surface area (Å²) in [5, 5.41) is 5.77. The van der Waals surface area contributed by atoms with E-state index in [1.165, 1.54) is 0 Å². The summed E-state index contributed by atoms with van der Waals surface area (Å²) in [5.74, 6) is 0.0241. The standard InChI is InChI=1S/C10H20N2O2/c1-7-4-5-9(14-7)6-12-8(2)10(13)11-3/h7-9,12H,4-6H2,1-3H3,(H,11,13). The van der Waals surface area contributed by atoms with Crippen LogP contribution >= 0.6 is 0 Å². The summed E-state index contributed by atoms with van der Waals surface area (Å²) in [5.41, 5.74) is 0. The van der Waals surface area contributed by atoms with Gasteiger partial charge in [0.25, 0.3) is 0 Å². The van der Waals surface area contributed by atoms with Gasteiger partial charge < -0.3 is 15.4 Å². The zero-order valence-corrected chi connectivity index (χ0v) is 9.17. The van der Waals surface area contributed by atoms with Gasteiger partial charge in [-0.05, 0) is 26.7 Å². The highest BCUT2D eigenvalue weighted by atomic mass is 16.5. The lowest BCUT2D eigenvalue weighted by Crippen LogP contribution is -2.43. The van der Waals surface area contributed by atoms with Gasteiger partial charge in [-0.1, -0.05) is 0 Å². The van der Waals surface area contributed by atoms with Crippen molar-refractivity contribution < 1.29 is 9.53 Å². The second-order valence-electron chi connectivity index (χ2n) is 3.89. The Kier molecular flexibility index (Phi) is 4.35. The van der Waals surface area contributed by atoms with E-state index < -0.39 is 0 Å². The third-order valence-electron chi connectivity index (χ3n) is 2.61. The molecule has 1 aliphatic heterocycles. The largest absolute Gasteiger partial charge is 0.374 e. The monoisotopic (exact) mass is 200 g/mol. The van der Waals surface area contributed by atoms with Gasteiger partial charge in [-0.3, -0.25) is 4.79 Å². The molecule has 0 aliphatic carbocycles. The summed E-state index contributed by atoms with van der Waals surface area (Å²) in [4.78, 5) is 11.2. The molecular formula is C10H20N2O2. The normalized spacial score (nSPS) is 28.8. The van der Waals surface area contributed by atoms with Crippen molar-refractivity contribution >= 4 is 5.91 Å². The van der Waals surface area contributed by atoms with Crippen LogP contribution in [0.5, 0.6) is 0 Å². The molecule has 14 heavy (non-hydrogen) atoms. The predicted octanol–water partition coefficient (Wildman–Crippen LogP) is 0.278. The molecule has 2 N–H and O–H groups in total. The van der Waals surface area contributed by atoms with Crippen molar-refractivity contribution in [2.24, 2.45) is 0 Å². The Morgan fingerprint density at radius 2 is 2.29 bits per heavy atom. The molecule has 0 aromatic heterocycles. The lowest BCUT2D eigenvalue weighted by atomic mass is 10.2. The minimum Gasteiger partial charge on any atom is -0.374 e. The van der Waals surface area contributed by atoms with E-state index in [-0.39, 0.29) is 18.1 Å². The van der Waals surface area contributed by atoms with Crippen molar-refractivity contribution in [2.75, 3.05) is 13.6 Å². The van der Waals surface area contributed by atoms with Crippen LogP contribution in [-0.2, 0) is 9.53 Å². The molecule has 0 aromatic carbocycles. The fraction of sp³-hybridized carbons (Fsp3) is 0.900. The molecule has 4 nitrogen and oxygen atoms in total. The van der Waals surface area contributed by atoms with Gasteiger partial charge in [0.2, 0.25) is 5.91 Å². The van der Waals surface area contributed by atoms with Gasteiger partial charge in [-0.15, -0.1) is 0 Å². The molecule has 1 heterocycles. The number of likely N-dealkylation sites (N-methyl/N-ethyl adjacent to an activating group) is 1. The lowest BCUT2D eigenvalue weighted by molar-refractivity contribution is -0.122. The minimum absolute atomic E-state index is 0.0241. The molecule has 0 radical (unpaired) electrons. The molecule has 82 valence electrons. The lowest BCUT2D eigenvalue weighted by Gasteiger charge is -2.16. The van der Waals surface area contributed by atoms with Crippen LogP contribution in [0.4, 0.5) is 0 Å². The summed E-state index contributed by atoms with van der Waals surface area (Å²) >= 11 is 0. The number of ether oxygens (including phenoxy) is 1. The van der Waals surface area contributed by atoms with Gasteiger partial charge in [-0.25, -0.2) is 0 Å². The van der Waals surface area contributed by atoms with E-state index >= 15 is 0 Å². The SMILES string of the molecule is CNC(=O)C(C)NCC1CCC(C)O1. The predicted molar refractivity (Wildman–Crippen MR) is 55.1 cm³/mol. The van der Waals surface area contributed by atoms with Crippen molar-refractivity contribution in [1.29, 1.82) is 0 Å². The summed E-state index contributed by atoms with van der Waals surface area (Å²) < 4.78 is 5.63. The Labute approximate surface area is 85.4 Å². The maximum absolute atomic E-state index is 11.2. The average Bonchev–Trinajstić information content (AvgIpc) is 2.59. The van der Waals surface area contributed by atoms with Crippen LogP contribution in [0.15, 0.2) is 0 Å². The second kappa shape index (κ2) is 5.32. The van der Waals surface area contributed by atoms with E-state index in [0.717, 1.165) is 19.4 Å². The first-order valence-corrected chi connectivity index (χ1v) is 5.24. The number of carbonyl (C=O) groups excluding carboxylic acids is 1. The van der Waals surface area contributed by atoms with Crippen LogP contribution in [0.3, 0.4) is 0 Å². The molecule has 1 aliphatic rings. The van der Waals surface area contributed by atoms with Gasteiger partial charge in [0.05, 0.1) is 18.2 Å². The Morgan fingerprint density at radius 3 is 2.79 bits per heavy atom. The first kappa shape index (κ1) is 11.5.